The second-order valence-electron chi connectivity index (χ2n) is 6.24. The summed E-state index contributed by atoms with van der Waals surface area (Å²) < 4.78 is 5.05. The van der Waals surface area contributed by atoms with Crippen molar-refractivity contribution in [3.8, 4) is 5.75 Å². The second kappa shape index (κ2) is 8.31. The number of carbonyl (C=O) groups excluding carboxylic acids is 2. The molecule has 27 heavy (non-hydrogen) atoms. The number of benzene rings is 2. The van der Waals surface area contributed by atoms with Crippen LogP contribution in [0.4, 0.5) is 17.1 Å². The first-order valence-electron chi connectivity index (χ1n) is 8.28. The van der Waals surface area contributed by atoms with Gasteiger partial charge in [-0.05, 0) is 30.0 Å². The number of rotatable bonds is 5. The Labute approximate surface area is 156 Å². The Kier molecular flexibility index (Phi) is 6.12. The van der Waals surface area contributed by atoms with Crippen LogP contribution in [-0.4, -0.2) is 23.8 Å². The highest BCUT2D eigenvalue weighted by Gasteiger charge is 2.20. The van der Waals surface area contributed by atoms with E-state index in [2.05, 4.69) is 10.6 Å². The highest BCUT2D eigenvalue weighted by Crippen LogP contribution is 2.30. The molecular formula is C19H21N3O5. The van der Waals surface area contributed by atoms with E-state index in [1.807, 2.05) is 39.0 Å². The van der Waals surface area contributed by atoms with Crippen LogP contribution < -0.4 is 15.4 Å². The average molecular weight is 371 g/mol. The van der Waals surface area contributed by atoms with Gasteiger partial charge in [0, 0.05) is 11.8 Å². The van der Waals surface area contributed by atoms with E-state index in [9.17, 15) is 19.7 Å². The number of ether oxygens (including phenoxy) is 1. The Morgan fingerprint density at radius 1 is 1.11 bits per heavy atom. The van der Waals surface area contributed by atoms with Gasteiger partial charge in [0.1, 0.15) is 5.75 Å². The smallest absolute Gasteiger partial charge is 0.314 e. The molecule has 0 unspecified atom stereocenters. The van der Waals surface area contributed by atoms with Gasteiger partial charge in [0.05, 0.1) is 23.8 Å². The van der Waals surface area contributed by atoms with Gasteiger partial charge in [-0.2, -0.15) is 0 Å². The Balaban J connectivity index is 2.20. The third-order valence-corrected chi connectivity index (χ3v) is 4.02. The Morgan fingerprint density at radius 2 is 1.78 bits per heavy atom. The summed E-state index contributed by atoms with van der Waals surface area (Å²) in [5.41, 5.74) is 2.34. The van der Waals surface area contributed by atoms with E-state index in [0.717, 1.165) is 11.1 Å². The number of aryl methyl sites for hydroxylation is 1. The van der Waals surface area contributed by atoms with Crippen LogP contribution in [0.15, 0.2) is 36.4 Å². The van der Waals surface area contributed by atoms with Gasteiger partial charge >= 0.3 is 11.8 Å². The van der Waals surface area contributed by atoms with Gasteiger partial charge in [0.2, 0.25) is 0 Å². The monoisotopic (exact) mass is 371 g/mol. The van der Waals surface area contributed by atoms with E-state index in [-0.39, 0.29) is 23.0 Å². The standard InChI is InChI=1S/C19H21N3O5/c1-11(2)14-7-5-6-12(3)17(14)21-19(24)18(23)20-15-9-8-13(22(25)26)10-16(15)27-4/h5-11H,1-4H3,(H,20,23)(H,21,24). The number of anilines is 2. The highest BCUT2D eigenvalue weighted by atomic mass is 16.6. The molecule has 0 radical (unpaired) electrons. The molecule has 0 aliphatic rings. The number of nitro benzene ring substituents is 1. The van der Waals surface area contributed by atoms with Crippen molar-refractivity contribution in [2.75, 3.05) is 17.7 Å². The molecule has 0 heterocycles. The van der Waals surface area contributed by atoms with Gasteiger partial charge in [-0.1, -0.05) is 32.0 Å². The second-order valence-corrected chi connectivity index (χ2v) is 6.24. The minimum Gasteiger partial charge on any atom is -0.494 e. The first-order chi connectivity index (χ1) is 12.7. The van der Waals surface area contributed by atoms with E-state index in [0.29, 0.717) is 5.69 Å². The van der Waals surface area contributed by atoms with E-state index in [4.69, 9.17) is 4.74 Å². The average Bonchev–Trinajstić information content (AvgIpc) is 2.63. The van der Waals surface area contributed by atoms with Gasteiger partial charge in [-0.25, -0.2) is 0 Å². The summed E-state index contributed by atoms with van der Waals surface area (Å²) in [5.74, 6) is -1.49. The summed E-state index contributed by atoms with van der Waals surface area (Å²) >= 11 is 0. The number of methoxy groups -OCH3 is 1. The lowest BCUT2D eigenvalue weighted by Crippen LogP contribution is -2.30. The van der Waals surface area contributed by atoms with Crippen molar-refractivity contribution in [2.24, 2.45) is 0 Å². The van der Waals surface area contributed by atoms with E-state index in [1.54, 1.807) is 0 Å². The fraction of sp³-hybridized carbons (Fsp3) is 0.263. The quantitative estimate of drug-likeness (QED) is 0.474. The van der Waals surface area contributed by atoms with Crippen LogP contribution in [0.2, 0.25) is 0 Å². The summed E-state index contributed by atoms with van der Waals surface area (Å²) in [7, 11) is 1.32. The van der Waals surface area contributed by atoms with Gasteiger partial charge < -0.3 is 15.4 Å². The number of carbonyl (C=O) groups is 2. The molecule has 2 rings (SSSR count). The maximum atomic E-state index is 12.3. The summed E-state index contributed by atoms with van der Waals surface area (Å²) in [5, 5.41) is 15.9. The van der Waals surface area contributed by atoms with Gasteiger partial charge in [0.25, 0.3) is 5.69 Å². The Hall–Kier alpha value is -3.42. The third-order valence-electron chi connectivity index (χ3n) is 4.02. The van der Waals surface area contributed by atoms with Gasteiger partial charge in [-0.3, -0.25) is 19.7 Å². The lowest BCUT2D eigenvalue weighted by Gasteiger charge is -2.16. The predicted molar refractivity (Wildman–Crippen MR) is 102 cm³/mol. The van der Waals surface area contributed by atoms with Crippen molar-refractivity contribution >= 4 is 28.9 Å². The molecule has 0 fully saturated rings. The summed E-state index contributed by atoms with van der Waals surface area (Å²) in [6.45, 7) is 5.83. The Bertz CT molecular complexity index is 893. The number of nitro groups is 1. The van der Waals surface area contributed by atoms with Crippen molar-refractivity contribution in [2.45, 2.75) is 26.7 Å². The topological polar surface area (TPSA) is 111 Å². The first kappa shape index (κ1) is 19.9. The number of hydrogen-bond acceptors (Lipinski definition) is 5. The molecule has 8 nitrogen and oxygen atoms in total. The predicted octanol–water partition coefficient (Wildman–Crippen LogP) is 3.61. The van der Waals surface area contributed by atoms with Crippen LogP contribution in [-0.2, 0) is 9.59 Å². The molecular weight excluding hydrogens is 350 g/mol. The molecule has 2 amide bonds. The van der Waals surface area contributed by atoms with E-state index < -0.39 is 16.7 Å². The molecule has 2 N–H and O–H groups in total. The normalized spacial score (nSPS) is 10.4. The number of hydrogen-bond donors (Lipinski definition) is 2. The molecule has 8 heteroatoms. The molecule has 0 saturated carbocycles. The van der Waals surface area contributed by atoms with E-state index in [1.165, 1.54) is 25.3 Å². The molecule has 0 aromatic heterocycles. The number of nitrogens with one attached hydrogen (secondary N) is 2. The molecule has 2 aromatic rings. The van der Waals surface area contributed by atoms with E-state index >= 15 is 0 Å². The first-order valence-corrected chi connectivity index (χ1v) is 8.28. The highest BCUT2D eigenvalue weighted by molar-refractivity contribution is 6.44. The van der Waals surface area contributed by atoms with Crippen molar-refractivity contribution in [3.63, 3.8) is 0 Å². The zero-order chi connectivity index (χ0) is 20.1. The van der Waals surface area contributed by atoms with Crippen LogP contribution in [0.1, 0.15) is 30.9 Å². The molecule has 0 bridgehead atoms. The van der Waals surface area contributed by atoms with Crippen LogP contribution in [0, 0.1) is 17.0 Å². The molecule has 0 spiro atoms. The summed E-state index contributed by atoms with van der Waals surface area (Å²) in [6, 6.07) is 9.33. The number of non-ortho nitro benzene ring substituents is 1. The Morgan fingerprint density at radius 3 is 2.37 bits per heavy atom. The molecule has 0 atom stereocenters. The molecule has 0 aliphatic carbocycles. The largest absolute Gasteiger partial charge is 0.494 e. The minimum atomic E-state index is -0.903. The minimum absolute atomic E-state index is 0.0871. The molecule has 2 aromatic carbocycles. The summed E-state index contributed by atoms with van der Waals surface area (Å²) in [4.78, 5) is 34.9. The van der Waals surface area contributed by atoms with Crippen LogP contribution >= 0.6 is 0 Å². The number of para-hydroxylation sites is 1. The van der Waals surface area contributed by atoms with Crippen molar-refractivity contribution in [1.82, 2.24) is 0 Å². The summed E-state index contributed by atoms with van der Waals surface area (Å²) in [6.07, 6.45) is 0. The van der Waals surface area contributed by atoms with Crippen LogP contribution in [0.3, 0.4) is 0 Å². The van der Waals surface area contributed by atoms with Crippen molar-refractivity contribution in [3.05, 3.63) is 57.6 Å². The van der Waals surface area contributed by atoms with Crippen LogP contribution in [0.25, 0.3) is 0 Å². The lowest BCUT2D eigenvalue weighted by molar-refractivity contribution is -0.384. The molecule has 142 valence electrons. The van der Waals surface area contributed by atoms with Crippen molar-refractivity contribution in [1.29, 1.82) is 0 Å². The van der Waals surface area contributed by atoms with Gasteiger partial charge in [-0.15, -0.1) is 0 Å². The fourth-order valence-electron chi connectivity index (χ4n) is 2.59. The maximum absolute atomic E-state index is 12.3. The maximum Gasteiger partial charge on any atom is 0.314 e. The lowest BCUT2D eigenvalue weighted by atomic mass is 9.98. The molecule has 0 saturated heterocycles. The number of amides is 2. The molecule has 0 aliphatic heterocycles. The number of nitrogens with zero attached hydrogens (tertiary/aromatic N) is 1. The zero-order valence-corrected chi connectivity index (χ0v) is 15.5. The third kappa shape index (κ3) is 4.60. The fourth-order valence-corrected chi connectivity index (χ4v) is 2.59. The van der Waals surface area contributed by atoms with Gasteiger partial charge in [0.15, 0.2) is 0 Å². The SMILES string of the molecule is COc1cc([N+](=O)[O-])ccc1NC(=O)C(=O)Nc1c(C)cccc1C(C)C. The van der Waals surface area contributed by atoms with Crippen LogP contribution in [0.5, 0.6) is 5.75 Å². The zero-order valence-electron chi connectivity index (χ0n) is 15.5. The van der Waals surface area contributed by atoms with Crippen molar-refractivity contribution < 1.29 is 19.2 Å².